The Morgan fingerprint density at radius 3 is 2.37 bits per heavy atom. The number of carbonyl (C=O) groups excluding carboxylic acids is 1. The predicted octanol–water partition coefficient (Wildman–Crippen LogP) is 1.84. The normalized spacial score (nSPS) is 12.2. The van der Waals surface area contributed by atoms with Crippen molar-refractivity contribution in [1.82, 2.24) is 0 Å². The SMILES string of the molecule is CCC(N)Cc1cc(C)c(OCCC(N)=O)c(C)c1. The fourth-order valence-electron chi connectivity index (χ4n) is 2.09. The highest BCUT2D eigenvalue weighted by Gasteiger charge is 2.09. The number of rotatable bonds is 7. The second kappa shape index (κ2) is 7.14. The summed E-state index contributed by atoms with van der Waals surface area (Å²) in [5.74, 6) is 0.496. The Balaban J connectivity index is 2.76. The molecule has 0 radical (unpaired) electrons. The van der Waals surface area contributed by atoms with Crippen molar-refractivity contribution in [3.63, 3.8) is 0 Å². The van der Waals surface area contributed by atoms with Crippen LogP contribution in [0.25, 0.3) is 0 Å². The maximum absolute atomic E-state index is 10.7. The second-order valence-corrected chi connectivity index (χ2v) is 5.00. The van der Waals surface area contributed by atoms with Gasteiger partial charge < -0.3 is 16.2 Å². The summed E-state index contributed by atoms with van der Waals surface area (Å²) in [6, 6.07) is 4.39. The third-order valence-corrected chi connectivity index (χ3v) is 3.14. The molecule has 0 saturated carbocycles. The minimum absolute atomic E-state index is 0.195. The predicted molar refractivity (Wildman–Crippen MR) is 77.2 cm³/mol. The Hall–Kier alpha value is -1.55. The number of nitrogens with two attached hydrogens (primary N) is 2. The lowest BCUT2D eigenvalue weighted by Crippen LogP contribution is -2.21. The van der Waals surface area contributed by atoms with Gasteiger partial charge in [-0.2, -0.15) is 0 Å². The van der Waals surface area contributed by atoms with Crippen molar-refractivity contribution < 1.29 is 9.53 Å². The highest BCUT2D eigenvalue weighted by atomic mass is 16.5. The van der Waals surface area contributed by atoms with Gasteiger partial charge in [0.1, 0.15) is 5.75 Å². The summed E-state index contributed by atoms with van der Waals surface area (Å²) >= 11 is 0. The van der Waals surface area contributed by atoms with Gasteiger partial charge in [-0.3, -0.25) is 4.79 Å². The van der Waals surface area contributed by atoms with Crippen LogP contribution in [0.1, 0.15) is 36.5 Å². The number of amides is 1. The Morgan fingerprint density at radius 2 is 1.89 bits per heavy atom. The molecule has 4 nitrogen and oxygen atoms in total. The lowest BCUT2D eigenvalue weighted by Gasteiger charge is -2.15. The van der Waals surface area contributed by atoms with Crippen molar-refractivity contribution in [3.8, 4) is 5.75 Å². The minimum atomic E-state index is -0.346. The molecule has 106 valence electrons. The van der Waals surface area contributed by atoms with Crippen molar-refractivity contribution >= 4 is 5.91 Å². The van der Waals surface area contributed by atoms with E-state index >= 15 is 0 Å². The van der Waals surface area contributed by atoms with E-state index in [0.717, 1.165) is 29.7 Å². The topological polar surface area (TPSA) is 78.3 Å². The molecule has 1 unspecified atom stereocenters. The van der Waals surface area contributed by atoms with E-state index in [1.165, 1.54) is 5.56 Å². The first kappa shape index (κ1) is 15.5. The number of primary amides is 1. The molecule has 0 aliphatic heterocycles. The Kier molecular flexibility index (Phi) is 5.83. The van der Waals surface area contributed by atoms with Gasteiger partial charge in [0.2, 0.25) is 5.91 Å². The van der Waals surface area contributed by atoms with E-state index in [1.54, 1.807) is 0 Å². The van der Waals surface area contributed by atoms with Gasteiger partial charge in [-0.05, 0) is 43.4 Å². The molecule has 1 atom stereocenters. The van der Waals surface area contributed by atoms with Crippen LogP contribution in [0.4, 0.5) is 0 Å². The molecule has 0 saturated heterocycles. The van der Waals surface area contributed by atoms with Crippen LogP contribution in [0, 0.1) is 13.8 Å². The Morgan fingerprint density at radius 1 is 1.32 bits per heavy atom. The van der Waals surface area contributed by atoms with Crippen molar-refractivity contribution in [3.05, 3.63) is 28.8 Å². The van der Waals surface area contributed by atoms with E-state index in [1.807, 2.05) is 13.8 Å². The summed E-state index contributed by atoms with van der Waals surface area (Å²) in [5.41, 5.74) is 14.4. The number of carbonyl (C=O) groups is 1. The number of aryl methyl sites for hydroxylation is 2. The molecule has 0 aliphatic carbocycles. The quantitative estimate of drug-likeness (QED) is 0.788. The number of hydrogen-bond donors (Lipinski definition) is 2. The van der Waals surface area contributed by atoms with Crippen molar-refractivity contribution in [2.24, 2.45) is 11.5 Å². The van der Waals surface area contributed by atoms with Crippen LogP contribution in [0.5, 0.6) is 5.75 Å². The molecular formula is C15H24N2O2. The van der Waals surface area contributed by atoms with E-state index in [2.05, 4.69) is 19.1 Å². The third kappa shape index (κ3) is 4.91. The zero-order valence-corrected chi connectivity index (χ0v) is 12.0. The largest absolute Gasteiger partial charge is 0.493 e. The average molecular weight is 264 g/mol. The molecule has 0 aliphatic rings. The van der Waals surface area contributed by atoms with E-state index in [9.17, 15) is 4.79 Å². The van der Waals surface area contributed by atoms with E-state index in [4.69, 9.17) is 16.2 Å². The summed E-state index contributed by atoms with van der Waals surface area (Å²) in [7, 11) is 0. The summed E-state index contributed by atoms with van der Waals surface area (Å²) in [6.45, 7) is 6.43. The zero-order chi connectivity index (χ0) is 14.4. The standard InChI is InChI=1S/C15H24N2O2/c1-4-13(16)9-12-7-10(2)15(11(3)8-12)19-6-5-14(17)18/h7-8,13H,4-6,9,16H2,1-3H3,(H2,17,18). The van der Waals surface area contributed by atoms with E-state index < -0.39 is 0 Å². The molecule has 0 spiro atoms. The fraction of sp³-hybridized carbons (Fsp3) is 0.533. The van der Waals surface area contributed by atoms with Gasteiger partial charge in [-0.1, -0.05) is 19.1 Å². The lowest BCUT2D eigenvalue weighted by atomic mass is 9.99. The summed E-state index contributed by atoms with van der Waals surface area (Å²) < 4.78 is 5.63. The van der Waals surface area contributed by atoms with Crippen LogP contribution in [0.2, 0.25) is 0 Å². The summed E-state index contributed by atoms with van der Waals surface area (Å²) in [4.78, 5) is 10.7. The molecule has 4 N–H and O–H groups in total. The van der Waals surface area contributed by atoms with Crippen LogP contribution in [0.3, 0.4) is 0 Å². The summed E-state index contributed by atoms with van der Waals surface area (Å²) in [5, 5.41) is 0. The Labute approximate surface area is 115 Å². The van der Waals surface area contributed by atoms with E-state index in [-0.39, 0.29) is 18.4 Å². The smallest absolute Gasteiger partial charge is 0.220 e. The van der Waals surface area contributed by atoms with Gasteiger partial charge in [0, 0.05) is 6.04 Å². The van der Waals surface area contributed by atoms with Crippen molar-refractivity contribution in [1.29, 1.82) is 0 Å². The molecular weight excluding hydrogens is 240 g/mol. The van der Waals surface area contributed by atoms with Gasteiger partial charge in [0.15, 0.2) is 0 Å². The molecule has 0 aromatic heterocycles. The molecule has 1 aromatic carbocycles. The van der Waals surface area contributed by atoms with Gasteiger partial charge in [-0.25, -0.2) is 0 Å². The molecule has 1 rings (SSSR count). The zero-order valence-electron chi connectivity index (χ0n) is 12.0. The lowest BCUT2D eigenvalue weighted by molar-refractivity contribution is -0.118. The van der Waals surface area contributed by atoms with Crippen LogP contribution in [-0.2, 0) is 11.2 Å². The monoisotopic (exact) mass is 264 g/mol. The first-order valence-electron chi connectivity index (χ1n) is 6.70. The molecule has 19 heavy (non-hydrogen) atoms. The second-order valence-electron chi connectivity index (χ2n) is 5.00. The van der Waals surface area contributed by atoms with Crippen LogP contribution >= 0.6 is 0 Å². The van der Waals surface area contributed by atoms with Gasteiger partial charge in [0.25, 0.3) is 0 Å². The molecule has 4 heteroatoms. The van der Waals surface area contributed by atoms with Gasteiger partial charge in [0.05, 0.1) is 13.0 Å². The van der Waals surface area contributed by atoms with Crippen molar-refractivity contribution in [2.45, 2.75) is 46.1 Å². The molecule has 1 amide bonds. The first-order valence-corrected chi connectivity index (χ1v) is 6.70. The average Bonchev–Trinajstić information content (AvgIpc) is 2.32. The molecule has 0 heterocycles. The number of ether oxygens (including phenoxy) is 1. The van der Waals surface area contributed by atoms with Crippen LogP contribution in [0.15, 0.2) is 12.1 Å². The Bertz CT molecular complexity index is 421. The highest BCUT2D eigenvalue weighted by molar-refractivity contribution is 5.73. The number of hydrogen-bond acceptors (Lipinski definition) is 3. The third-order valence-electron chi connectivity index (χ3n) is 3.14. The molecule has 1 aromatic rings. The van der Waals surface area contributed by atoms with Crippen LogP contribution in [-0.4, -0.2) is 18.6 Å². The minimum Gasteiger partial charge on any atom is -0.493 e. The van der Waals surface area contributed by atoms with Crippen molar-refractivity contribution in [2.75, 3.05) is 6.61 Å². The summed E-state index contributed by atoms with van der Waals surface area (Å²) in [6.07, 6.45) is 2.08. The van der Waals surface area contributed by atoms with Gasteiger partial charge >= 0.3 is 0 Å². The fourth-order valence-corrected chi connectivity index (χ4v) is 2.09. The van der Waals surface area contributed by atoms with Crippen LogP contribution < -0.4 is 16.2 Å². The molecule has 0 bridgehead atoms. The maximum atomic E-state index is 10.7. The maximum Gasteiger partial charge on any atom is 0.220 e. The number of benzene rings is 1. The molecule has 0 fully saturated rings. The van der Waals surface area contributed by atoms with E-state index in [0.29, 0.717) is 6.61 Å². The first-order chi connectivity index (χ1) is 8.93. The van der Waals surface area contributed by atoms with Gasteiger partial charge in [-0.15, -0.1) is 0 Å². The highest BCUT2D eigenvalue weighted by Crippen LogP contribution is 2.25.